The van der Waals surface area contributed by atoms with Crippen molar-refractivity contribution in [2.75, 3.05) is 7.11 Å². The van der Waals surface area contributed by atoms with Crippen LogP contribution < -0.4 is 5.32 Å². The molecule has 1 aliphatic rings. The first-order valence-electron chi connectivity index (χ1n) is 7.37. The van der Waals surface area contributed by atoms with E-state index in [4.69, 9.17) is 16.3 Å². The molecule has 2 rings (SSSR count). The summed E-state index contributed by atoms with van der Waals surface area (Å²) in [6.45, 7) is 8.32. The Balaban J connectivity index is 2.39. The van der Waals surface area contributed by atoms with Crippen LogP contribution in [0.1, 0.15) is 38.1 Å². The zero-order chi connectivity index (χ0) is 15.8. The lowest BCUT2D eigenvalue weighted by Gasteiger charge is -2.34. The zero-order valence-corrected chi connectivity index (χ0v) is 14.1. The minimum Gasteiger partial charge on any atom is -0.468 e. The molecule has 0 aromatic carbocycles. The molecule has 6 heteroatoms. The fourth-order valence-electron chi connectivity index (χ4n) is 2.92. The lowest BCUT2D eigenvalue weighted by molar-refractivity contribution is -0.151. The molecule has 0 bridgehead atoms. The molecule has 1 atom stereocenters. The Hall–Kier alpha value is -1.07. The molecule has 0 amide bonds. The van der Waals surface area contributed by atoms with Crippen molar-refractivity contribution in [3.8, 4) is 0 Å². The van der Waals surface area contributed by atoms with Crippen LogP contribution in [0.25, 0.3) is 0 Å². The van der Waals surface area contributed by atoms with Gasteiger partial charge in [-0.15, -0.1) is 0 Å². The first kappa shape index (κ1) is 16.3. The Labute approximate surface area is 131 Å². The Kier molecular flexibility index (Phi) is 4.63. The summed E-state index contributed by atoms with van der Waals surface area (Å²) in [5, 5.41) is 8.56. The minimum atomic E-state index is -0.727. The van der Waals surface area contributed by atoms with Gasteiger partial charge in [0, 0.05) is 6.04 Å². The van der Waals surface area contributed by atoms with E-state index in [9.17, 15) is 4.79 Å². The SMILES string of the molecule is COC(=O)C(Cn1nc(C)c(Cl)c1C)(NC(C)C)C1CC1. The topological polar surface area (TPSA) is 56.2 Å². The van der Waals surface area contributed by atoms with Gasteiger partial charge in [0.05, 0.1) is 30.1 Å². The summed E-state index contributed by atoms with van der Waals surface area (Å²) in [6.07, 6.45) is 2.06. The summed E-state index contributed by atoms with van der Waals surface area (Å²) < 4.78 is 6.91. The Morgan fingerprint density at radius 2 is 2.14 bits per heavy atom. The normalized spacial score (nSPS) is 17.9. The first-order valence-corrected chi connectivity index (χ1v) is 7.75. The average molecular weight is 314 g/mol. The van der Waals surface area contributed by atoms with Gasteiger partial charge in [-0.25, -0.2) is 4.79 Å². The molecule has 0 aliphatic heterocycles. The van der Waals surface area contributed by atoms with Crippen molar-refractivity contribution in [1.29, 1.82) is 0 Å². The number of aryl methyl sites for hydroxylation is 1. The largest absolute Gasteiger partial charge is 0.468 e. The number of aromatic nitrogens is 2. The molecule has 0 spiro atoms. The molecule has 1 aromatic rings. The Morgan fingerprint density at radius 3 is 2.52 bits per heavy atom. The second kappa shape index (κ2) is 5.97. The van der Waals surface area contributed by atoms with Crippen LogP contribution in [0.3, 0.4) is 0 Å². The fraction of sp³-hybridized carbons (Fsp3) is 0.733. The Morgan fingerprint density at radius 1 is 1.52 bits per heavy atom. The molecule has 1 fully saturated rings. The van der Waals surface area contributed by atoms with E-state index in [1.807, 2.05) is 32.4 Å². The summed E-state index contributed by atoms with van der Waals surface area (Å²) in [5.41, 5.74) is 0.942. The van der Waals surface area contributed by atoms with Crippen LogP contribution in [-0.4, -0.2) is 34.4 Å². The molecule has 1 heterocycles. The number of carbonyl (C=O) groups excluding carboxylic acids is 1. The molecule has 21 heavy (non-hydrogen) atoms. The van der Waals surface area contributed by atoms with E-state index in [2.05, 4.69) is 10.4 Å². The van der Waals surface area contributed by atoms with E-state index < -0.39 is 5.54 Å². The number of rotatable bonds is 6. The van der Waals surface area contributed by atoms with E-state index in [-0.39, 0.29) is 17.9 Å². The van der Waals surface area contributed by atoms with Crippen molar-refractivity contribution in [3.63, 3.8) is 0 Å². The number of halogens is 1. The summed E-state index contributed by atoms with van der Waals surface area (Å²) in [7, 11) is 1.44. The lowest BCUT2D eigenvalue weighted by Crippen LogP contribution is -2.59. The van der Waals surface area contributed by atoms with E-state index in [0.29, 0.717) is 11.6 Å². The second-order valence-corrected chi connectivity index (χ2v) is 6.56. The minimum absolute atomic E-state index is 0.178. The highest BCUT2D eigenvalue weighted by molar-refractivity contribution is 6.31. The Bertz CT molecular complexity index is 537. The van der Waals surface area contributed by atoms with Crippen molar-refractivity contribution in [2.45, 2.75) is 58.7 Å². The molecule has 1 unspecified atom stereocenters. The van der Waals surface area contributed by atoms with Gasteiger partial charge in [0.1, 0.15) is 5.54 Å². The van der Waals surface area contributed by atoms with Gasteiger partial charge in [-0.05, 0) is 46.5 Å². The van der Waals surface area contributed by atoms with Crippen LogP contribution >= 0.6 is 11.6 Å². The van der Waals surface area contributed by atoms with Gasteiger partial charge < -0.3 is 4.74 Å². The molecule has 1 aromatic heterocycles. The van der Waals surface area contributed by atoms with Gasteiger partial charge in [0.25, 0.3) is 0 Å². The van der Waals surface area contributed by atoms with Crippen molar-refractivity contribution in [1.82, 2.24) is 15.1 Å². The van der Waals surface area contributed by atoms with E-state index in [0.717, 1.165) is 24.2 Å². The van der Waals surface area contributed by atoms with Crippen LogP contribution in [0.4, 0.5) is 0 Å². The molecule has 0 saturated heterocycles. The van der Waals surface area contributed by atoms with Gasteiger partial charge in [0.15, 0.2) is 0 Å². The molecule has 1 saturated carbocycles. The highest BCUT2D eigenvalue weighted by atomic mass is 35.5. The van der Waals surface area contributed by atoms with Gasteiger partial charge in [-0.2, -0.15) is 5.10 Å². The third-order valence-electron chi connectivity index (χ3n) is 4.06. The van der Waals surface area contributed by atoms with Gasteiger partial charge in [-0.3, -0.25) is 10.00 Å². The average Bonchev–Trinajstić information content (AvgIpc) is 3.23. The molecule has 5 nitrogen and oxygen atoms in total. The van der Waals surface area contributed by atoms with Gasteiger partial charge in [0.2, 0.25) is 0 Å². The standard InChI is InChI=1S/C15H24ClN3O2/c1-9(2)17-15(12-6-7-12,14(20)21-5)8-19-11(4)13(16)10(3)18-19/h9,12,17H,6-8H2,1-5H3. The number of nitrogens with one attached hydrogen (secondary N) is 1. The van der Waals surface area contributed by atoms with Crippen LogP contribution in [0.5, 0.6) is 0 Å². The van der Waals surface area contributed by atoms with Gasteiger partial charge >= 0.3 is 5.97 Å². The van der Waals surface area contributed by atoms with Crippen molar-refractivity contribution < 1.29 is 9.53 Å². The summed E-state index contributed by atoms with van der Waals surface area (Å²) >= 11 is 6.22. The highest BCUT2D eigenvalue weighted by Gasteiger charge is 2.52. The molecule has 118 valence electrons. The highest BCUT2D eigenvalue weighted by Crippen LogP contribution is 2.42. The van der Waals surface area contributed by atoms with Gasteiger partial charge in [-0.1, -0.05) is 11.6 Å². The number of methoxy groups -OCH3 is 1. The number of hydrogen-bond acceptors (Lipinski definition) is 4. The number of hydrogen-bond donors (Lipinski definition) is 1. The maximum absolute atomic E-state index is 12.5. The number of ether oxygens (including phenoxy) is 1. The first-order chi connectivity index (χ1) is 9.81. The quantitative estimate of drug-likeness (QED) is 0.820. The van der Waals surface area contributed by atoms with Crippen LogP contribution in [0.15, 0.2) is 0 Å². The number of nitrogens with zero attached hydrogens (tertiary/aromatic N) is 2. The predicted molar refractivity (Wildman–Crippen MR) is 82.5 cm³/mol. The molecule has 1 N–H and O–H groups in total. The lowest BCUT2D eigenvalue weighted by atomic mass is 9.91. The van der Waals surface area contributed by atoms with Crippen molar-refractivity contribution >= 4 is 17.6 Å². The second-order valence-electron chi connectivity index (χ2n) is 6.18. The predicted octanol–water partition coefficient (Wildman–Crippen LogP) is 2.47. The zero-order valence-electron chi connectivity index (χ0n) is 13.4. The van der Waals surface area contributed by atoms with Crippen LogP contribution in [-0.2, 0) is 16.1 Å². The molecular weight excluding hydrogens is 290 g/mol. The summed E-state index contributed by atoms with van der Waals surface area (Å²) in [5.74, 6) is 0.0670. The van der Waals surface area contributed by atoms with E-state index in [1.165, 1.54) is 7.11 Å². The maximum Gasteiger partial charge on any atom is 0.328 e. The van der Waals surface area contributed by atoms with Crippen LogP contribution in [0.2, 0.25) is 5.02 Å². The molecule has 0 radical (unpaired) electrons. The van der Waals surface area contributed by atoms with E-state index >= 15 is 0 Å². The van der Waals surface area contributed by atoms with E-state index in [1.54, 1.807) is 0 Å². The number of esters is 1. The fourth-order valence-corrected chi connectivity index (χ4v) is 3.06. The summed E-state index contributed by atoms with van der Waals surface area (Å²) in [6, 6.07) is 0.178. The third kappa shape index (κ3) is 3.09. The van der Waals surface area contributed by atoms with Crippen molar-refractivity contribution in [3.05, 3.63) is 16.4 Å². The molecule has 1 aliphatic carbocycles. The number of carbonyl (C=O) groups is 1. The smallest absolute Gasteiger partial charge is 0.328 e. The van der Waals surface area contributed by atoms with Crippen molar-refractivity contribution in [2.24, 2.45) is 5.92 Å². The van der Waals surface area contributed by atoms with Crippen LogP contribution in [0, 0.1) is 19.8 Å². The maximum atomic E-state index is 12.5. The summed E-state index contributed by atoms with van der Waals surface area (Å²) in [4.78, 5) is 12.5. The monoisotopic (exact) mass is 313 g/mol. The molecular formula is C15H24ClN3O2. The third-order valence-corrected chi connectivity index (χ3v) is 4.61.